The first-order valence-corrected chi connectivity index (χ1v) is 13.3. The number of hydrogen-bond acceptors (Lipinski definition) is 6. The Labute approximate surface area is 226 Å². The van der Waals surface area contributed by atoms with E-state index in [1.807, 2.05) is 22.8 Å². The molecule has 3 aromatic rings. The van der Waals surface area contributed by atoms with Crippen LogP contribution in [0.5, 0.6) is 5.75 Å². The molecule has 2 fully saturated rings. The van der Waals surface area contributed by atoms with E-state index in [9.17, 15) is 9.59 Å². The minimum atomic E-state index is -0.536. The molecular formula is C29H36N6O3. The highest BCUT2D eigenvalue weighted by atomic mass is 16.5. The molecule has 1 N–H and O–H groups in total. The van der Waals surface area contributed by atoms with Crippen LogP contribution in [0, 0.1) is 6.92 Å². The number of rotatable bonds is 6. The second kappa shape index (κ2) is 11.3. The average molecular weight is 519 g/mol. The molecule has 4 heterocycles. The van der Waals surface area contributed by atoms with E-state index in [1.54, 1.807) is 11.8 Å². The third-order valence-corrected chi connectivity index (χ3v) is 7.38. The molecule has 0 unspecified atom stereocenters. The Kier molecular flexibility index (Phi) is 6.99. The molecule has 0 spiro atoms. The number of anilines is 1. The number of aromatic nitrogens is 3. The van der Waals surface area contributed by atoms with E-state index in [2.05, 4.69) is 28.8 Å². The van der Waals surface area contributed by atoms with Gasteiger partial charge in [0, 0.05) is 43.6 Å². The minimum absolute atomic E-state index is 0.0585. The molecule has 2 aliphatic heterocycles. The number of nitrogens with one attached hydrogen (secondary N) is 1. The van der Waals surface area contributed by atoms with Crippen LogP contribution in [0.15, 0.2) is 49.1 Å². The monoisotopic (exact) mass is 518 g/mol. The van der Waals surface area contributed by atoms with Gasteiger partial charge >= 0.3 is 0 Å². The van der Waals surface area contributed by atoms with Crippen molar-refractivity contribution in [3.8, 4) is 5.75 Å². The van der Waals surface area contributed by atoms with Crippen LogP contribution >= 0.6 is 0 Å². The summed E-state index contributed by atoms with van der Waals surface area (Å²) in [5, 5.41) is 2.92. The number of pyridine rings is 1. The topological polar surface area (TPSA) is 92.6 Å². The van der Waals surface area contributed by atoms with Crippen molar-refractivity contribution in [2.45, 2.75) is 51.2 Å². The smallest absolute Gasteiger partial charge is 0.258 e. The van der Waals surface area contributed by atoms with Crippen LogP contribution in [-0.4, -0.2) is 75.5 Å². The Morgan fingerprint density at radius 1 is 1.21 bits per heavy atom. The number of carbonyl (C=O) groups is 2. The molecule has 1 atom stereocenters. The number of para-hydroxylation sites is 1. The number of fused-ring (bicyclic) bond motifs is 1. The van der Waals surface area contributed by atoms with Gasteiger partial charge in [0.25, 0.3) is 5.91 Å². The lowest BCUT2D eigenvalue weighted by Crippen LogP contribution is -2.36. The van der Waals surface area contributed by atoms with E-state index < -0.39 is 5.91 Å². The van der Waals surface area contributed by atoms with E-state index in [4.69, 9.17) is 12.5 Å². The van der Waals surface area contributed by atoms with Gasteiger partial charge in [0.15, 0.2) is 0 Å². The van der Waals surface area contributed by atoms with Crippen molar-refractivity contribution >= 4 is 28.8 Å². The summed E-state index contributed by atoms with van der Waals surface area (Å²) in [7, 11) is 2.11. The van der Waals surface area contributed by atoms with Gasteiger partial charge in [0.2, 0.25) is 11.9 Å². The summed E-state index contributed by atoms with van der Waals surface area (Å²) < 4.78 is 24.8. The van der Waals surface area contributed by atoms with Crippen molar-refractivity contribution < 1.29 is 17.1 Å². The lowest BCUT2D eigenvalue weighted by molar-refractivity contribution is -0.126. The number of amides is 2. The molecule has 38 heavy (non-hydrogen) atoms. The molecule has 2 saturated heterocycles. The van der Waals surface area contributed by atoms with E-state index >= 15 is 0 Å². The number of aryl methyl sites for hydroxylation is 1. The third kappa shape index (κ3) is 5.57. The van der Waals surface area contributed by atoms with Gasteiger partial charge in [-0.15, -0.1) is 0 Å². The number of likely N-dealkylation sites (tertiary alicyclic amines) is 2. The Morgan fingerprint density at radius 2 is 2.03 bits per heavy atom. The fraction of sp³-hybridized carbons (Fsp3) is 0.448. The lowest BCUT2D eigenvalue weighted by Gasteiger charge is -2.30. The number of ether oxygens (including phenoxy) is 1. The average Bonchev–Trinajstić information content (AvgIpc) is 3.12. The van der Waals surface area contributed by atoms with E-state index in [0.717, 1.165) is 50.7 Å². The predicted octanol–water partition coefficient (Wildman–Crippen LogP) is 4.20. The Bertz CT molecular complexity index is 1430. The van der Waals surface area contributed by atoms with Crippen LogP contribution in [0.2, 0.25) is 0 Å². The molecular weight excluding hydrogens is 480 g/mol. The zero-order valence-electron chi connectivity index (χ0n) is 24.1. The number of nitrogens with zero attached hydrogens (tertiary/aromatic N) is 5. The summed E-state index contributed by atoms with van der Waals surface area (Å²) in [6.45, 7) is 8.36. The van der Waals surface area contributed by atoms with Crippen LogP contribution in [0.4, 0.5) is 5.95 Å². The summed E-state index contributed by atoms with van der Waals surface area (Å²) >= 11 is 0. The summed E-state index contributed by atoms with van der Waals surface area (Å²) in [6, 6.07) is 6.82. The SMILES string of the molecule is [2H]c1nc(C)cc(C(=O)Nc2nc3cccc(OC4CCN(C)CC4)c3n2[C@@H]2CCCCN(C(=O)C=C)C2)c1[2H]. The molecule has 0 saturated carbocycles. The summed E-state index contributed by atoms with van der Waals surface area (Å²) in [4.78, 5) is 39.0. The molecule has 2 amide bonds. The number of piperidine rings is 1. The Hall–Kier alpha value is -3.72. The van der Waals surface area contributed by atoms with Gasteiger partial charge in [-0.05, 0) is 76.4 Å². The predicted molar refractivity (Wildman–Crippen MR) is 147 cm³/mol. The molecule has 2 aromatic heterocycles. The fourth-order valence-corrected chi connectivity index (χ4v) is 5.34. The number of benzene rings is 1. The molecule has 5 rings (SSSR count). The van der Waals surface area contributed by atoms with Gasteiger partial charge in [0.05, 0.1) is 14.3 Å². The van der Waals surface area contributed by atoms with Crippen LogP contribution in [0.3, 0.4) is 0 Å². The zero-order chi connectivity index (χ0) is 28.4. The standard InChI is InChI=1S/C29H36N6O3/c1-4-26(36)34-15-6-5-8-22(19-34)35-27-24(9-7-10-25(27)38-23-12-16-33(3)17-13-23)31-29(35)32-28(37)21-11-14-30-20(2)18-21/h4,7,9-11,14,18,22-23H,1,5-6,8,12-13,15-17,19H2,2-3H3,(H,31,32,37)/t22-/m1/s1/i11D,14D. The van der Waals surface area contributed by atoms with Crippen LogP contribution < -0.4 is 10.1 Å². The Morgan fingerprint density at radius 3 is 2.82 bits per heavy atom. The Balaban J connectivity index is 1.58. The highest BCUT2D eigenvalue weighted by Crippen LogP contribution is 2.36. The molecule has 2 aliphatic rings. The number of imidazole rings is 1. The second-order valence-electron chi connectivity index (χ2n) is 10.2. The van der Waals surface area contributed by atoms with E-state index in [0.29, 0.717) is 36.0 Å². The maximum atomic E-state index is 13.5. The minimum Gasteiger partial charge on any atom is -0.488 e. The normalized spacial score (nSPS) is 19.9. The van der Waals surface area contributed by atoms with Crippen LogP contribution in [-0.2, 0) is 4.79 Å². The van der Waals surface area contributed by atoms with Crippen molar-refractivity contribution in [1.82, 2.24) is 24.3 Å². The van der Waals surface area contributed by atoms with Crippen molar-refractivity contribution in [3.05, 3.63) is 60.4 Å². The maximum absolute atomic E-state index is 13.5. The molecule has 200 valence electrons. The first-order chi connectivity index (χ1) is 19.2. The van der Waals surface area contributed by atoms with Crippen LogP contribution in [0.1, 0.15) is 56.9 Å². The fourth-order valence-electron chi connectivity index (χ4n) is 5.34. The maximum Gasteiger partial charge on any atom is 0.258 e. The molecule has 0 aliphatic carbocycles. The van der Waals surface area contributed by atoms with Gasteiger partial charge < -0.3 is 19.1 Å². The molecule has 9 nitrogen and oxygen atoms in total. The lowest BCUT2D eigenvalue weighted by atomic mass is 10.1. The largest absolute Gasteiger partial charge is 0.488 e. The quantitative estimate of drug-likeness (QED) is 0.492. The number of hydrogen-bond donors (Lipinski definition) is 1. The van der Waals surface area contributed by atoms with E-state index in [1.165, 1.54) is 12.1 Å². The van der Waals surface area contributed by atoms with E-state index in [-0.39, 0.29) is 35.8 Å². The van der Waals surface area contributed by atoms with Crippen molar-refractivity contribution in [2.24, 2.45) is 0 Å². The summed E-state index contributed by atoms with van der Waals surface area (Å²) in [5.74, 6) is 0.350. The van der Waals surface area contributed by atoms with Crippen molar-refractivity contribution in [3.63, 3.8) is 0 Å². The number of carbonyl (C=O) groups excluding carboxylic acids is 2. The summed E-state index contributed by atoms with van der Waals surface area (Å²) in [6.07, 6.45) is 5.54. The molecule has 1 aromatic carbocycles. The highest BCUT2D eigenvalue weighted by molar-refractivity contribution is 6.04. The molecule has 9 heteroatoms. The van der Waals surface area contributed by atoms with Gasteiger partial charge in [-0.25, -0.2) is 4.98 Å². The molecule has 0 radical (unpaired) electrons. The van der Waals surface area contributed by atoms with Gasteiger partial charge in [-0.1, -0.05) is 12.6 Å². The summed E-state index contributed by atoms with van der Waals surface area (Å²) in [5.41, 5.74) is 1.98. The van der Waals surface area contributed by atoms with Gasteiger partial charge in [-0.2, -0.15) is 0 Å². The zero-order valence-corrected chi connectivity index (χ0v) is 22.1. The molecule has 0 bridgehead atoms. The first-order valence-electron chi connectivity index (χ1n) is 14.3. The highest BCUT2D eigenvalue weighted by Gasteiger charge is 2.29. The first kappa shape index (κ1) is 23.4. The third-order valence-electron chi connectivity index (χ3n) is 7.38. The second-order valence-corrected chi connectivity index (χ2v) is 10.2. The van der Waals surface area contributed by atoms with Gasteiger partial charge in [0.1, 0.15) is 17.4 Å². The van der Waals surface area contributed by atoms with Gasteiger partial charge in [-0.3, -0.25) is 19.9 Å². The van der Waals surface area contributed by atoms with Crippen LogP contribution in [0.25, 0.3) is 11.0 Å². The van der Waals surface area contributed by atoms with Crippen molar-refractivity contribution in [2.75, 3.05) is 38.5 Å². The van der Waals surface area contributed by atoms with Crippen molar-refractivity contribution in [1.29, 1.82) is 0 Å².